The van der Waals surface area contributed by atoms with Crippen molar-refractivity contribution in [1.29, 1.82) is 0 Å². The van der Waals surface area contributed by atoms with Crippen molar-refractivity contribution in [3.63, 3.8) is 0 Å². The Morgan fingerprint density at radius 2 is 2.07 bits per heavy atom. The van der Waals surface area contributed by atoms with Crippen LogP contribution in [0, 0.1) is 0 Å². The molecule has 0 spiro atoms. The van der Waals surface area contributed by atoms with Gasteiger partial charge in [0.05, 0.1) is 12.7 Å². The first-order valence-electron chi connectivity index (χ1n) is 8.90. The second-order valence-electron chi connectivity index (χ2n) is 6.52. The number of hydrogen-bond donors (Lipinski definition) is 2. The molecule has 9 heteroatoms. The van der Waals surface area contributed by atoms with Crippen molar-refractivity contribution in [1.82, 2.24) is 15.1 Å². The average Bonchev–Trinajstić information content (AvgIpc) is 3.28. The largest absolute Gasteiger partial charge is 0.483 e. The summed E-state index contributed by atoms with van der Waals surface area (Å²) in [5, 5.41) is 19.0. The Balaban J connectivity index is 0.000000659. The molecule has 0 radical (unpaired) electrons. The average molecular weight is 395 g/mol. The lowest BCUT2D eigenvalue weighted by molar-refractivity contribution is -0.122. The Hall–Kier alpha value is -2.16. The quantitative estimate of drug-likeness (QED) is 0.763. The number of carboxylic acid groups (broad SMARTS) is 1. The molecular weight excluding hydrogens is 372 g/mol. The molecule has 0 aliphatic carbocycles. The van der Waals surface area contributed by atoms with Crippen molar-refractivity contribution < 1.29 is 19.1 Å². The van der Waals surface area contributed by atoms with E-state index in [4.69, 9.17) is 30.7 Å². The number of halogens is 1. The molecule has 2 aromatic rings. The van der Waals surface area contributed by atoms with Crippen LogP contribution in [0.25, 0.3) is 0 Å². The van der Waals surface area contributed by atoms with Gasteiger partial charge in [0.25, 0.3) is 6.47 Å². The third kappa shape index (κ3) is 4.97. The fourth-order valence-electron chi connectivity index (χ4n) is 3.49. The predicted molar refractivity (Wildman–Crippen MR) is 99.9 cm³/mol. The summed E-state index contributed by atoms with van der Waals surface area (Å²) in [6.07, 6.45) is 1.88. The number of fused-ring (bicyclic) bond motifs is 1. The van der Waals surface area contributed by atoms with Gasteiger partial charge in [0, 0.05) is 36.6 Å². The number of aromatic nitrogens is 2. The molecule has 2 aliphatic heterocycles. The van der Waals surface area contributed by atoms with Crippen LogP contribution in [0.3, 0.4) is 0 Å². The number of rotatable bonds is 4. The van der Waals surface area contributed by atoms with Crippen LogP contribution in [0.2, 0.25) is 5.02 Å². The van der Waals surface area contributed by atoms with Crippen LogP contribution < -0.4 is 5.32 Å². The molecule has 146 valence electrons. The van der Waals surface area contributed by atoms with Gasteiger partial charge >= 0.3 is 6.01 Å². The number of nitrogens with zero attached hydrogens (tertiary/aromatic N) is 3. The summed E-state index contributed by atoms with van der Waals surface area (Å²) in [5.41, 5.74) is 1.18. The van der Waals surface area contributed by atoms with Crippen LogP contribution in [0.5, 0.6) is 0 Å². The van der Waals surface area contributed by atoms with Crippen LogP contribution in [0.4, 0.5) is 6.01 Å². The van der Waals surface area contributed by atoms with E-state index >= 15 is 0 Å². The lowest BCUT2D eigenvalue weighted by Gasteiger charge is -2.35. The Bertz CT molecular complexity index is 739. The van der Waals surface area contributed by atoms with E-state index in [1.54, 1.807) is 0 Å². The lowest BCUT2D eigenvalue weighted by Crippen LogP contribution is -2.42. The summed E-state index contributed by atoms with van der Waals surface area (Å²) in [5.74, 6) is 0.666. The van der Waals surface area contributed by atoms with Crippen molar-refractivity contribution in [3.8, 4) is 0 Å². The van der Waals surface area contributed by atoms with Crippen molar-refractivity contribution in [2.45, 2.75) is 38.0 Å². The number of aryl methyl sites for hydroxylation is 1. The minimum Gasteiger partial charge on any atom is -0.483 e. The normalized spacial score (nSPS) is 24.6. The van der Waals surface area contributed by atoms with E-state index in [1.807, 2.05) is 31.2 Å². The van der Waals surface area contributed by atoms with Gasteiger partial charge in [0.1, 0.15) is 0 Å². The molecule has 1 aromatic carbocycles. The van der Waals surface area contributed by atoms with Gasteiger partial charge in [-0.15, -0.1) is 5.10 Å². The van der Waals surface area contributed by atoms with Gasteiger partial charge in [-0.25, -0.2) is 0 Å². The zero-order valence-corrected chi connectivity index (χ0v) is 15.8. The third-order valence-corrected chi connectivity index (χ3v) is 5.01. The molecule has 3 heterocycles. The number of nitrogens with one attached hydrogen (secondary N) is 1. The van der Waals surface area contributed by atoms with E-state index in [0.717, 1.165) is 37.6 Å². The highest BCUT2D eigenvalue weighted by Crippen LogP contribution is 2.31. The molecule has 4 rings (SSSR count). The molecule has 1 aromatic heterocycles. The first-order valence-corrected chi connectivity index (χ1v) is 9.28. The molecule has 0 saturated carbocycles. The van der Waals surface area contributed by atoms with Crippen molar-refractivity contribution in [2.75, 3.05) is 25.0 Å². The molecule has 3 atom stereocenters. The van der Waals surface area contributed by atoms with Crippen LogP contribution in [0.15, 0.2) is 28.7 Å². The Morgan fingerprint density at radius 1 is 1.33 bits per heavy atom. The van der Waals surface area contributed by atoms with Gasteiger partial charge in [0.2, 0.25) is 5.89 Å². The second-order valence-corrected chi connectivity index (χ2v) is 6.95. The molecular formula is C18H23ClN4O4. The first kappa shape index (κ1) is 19.6. The zero-order valence-electron chi connectivity index (χ0n) is 15.0. The summed E-state index contributed by atoms with van der Waals surface area (Å²) >= 11 is 5.97. The summed E-state index contributed by atoms with van der Waals surface area (Å²) in [4.78, 5) is 10.8. The van der Waals surface area contributed by atoms with Gasteiger partial charge in [-0.2, -0.15) is 0 Å². The number of hydrogen-bond acceptors (Lipinski definition) is 7. The van der Waals surface area contributed by atoms with Crippen LogP contribution in [0.1, 0.15) is 30.9 Å². The van der Waals surface area contributed by atoms with Crippen molar-refractivity contribution in [3.05, 3.63) is 40.7 Å². The molecule has 2 N–H and O–H groups in total. The van der Waals surface area contributed by atoms with Gasteiger partial charge in [-0.05, 0) is 24.1 Å². The second kappa shape index (κ2) is 9.16. The minimum absolute atomic E-state index is 0.104. The maximum Gasteiger partial charge on any atom is 0.315 e. The van der Waals surface area contributed by atoms with E-state index in [0.29, 0.717) is 24.0 Å². The topological polar surface area (TPSA) is 101 Å². The summed E-state index contributed by atoms with van der Waals surface area (Å²) < 4.78 is 11.6. The summed E-state index contributed by atoms with van der Waals surface area (Å²) in [7, 11) is 0. The zero-order chi connectivity index (χ0) is 19.2. The molecule has 2 aliphatic rings. The molecule has 2 saturated heterocycles. The SMILES string of the molecule is CCc1nnc(N[C@H]2C[C@H]3CO[C@@H](c4ccc(Cl)cc4)CN3C2)o1.O=CO. The van der Waals surface area contributed by atoms with Gasteiger partial charge in [0.15, 0.2) is 0 Å². The maximum absolute atomic E-state index is 8.36. The highest BCUT2D eigenvalue weighted by molar-refractivity contribution is 6.30. The molecule has 0 amide bonds. The fourth-order valence-corrected chi connectivity index (χ4v) is 3.61. The molecule has 0 bridgehead atoms. The van der Waals surface area contributed by atoms with Crippen LogP contribution in [-0.2, 0) is 16.0 Å². The van der Waals surface area contributed by atoms with Gasteiger partial charge in [-0.3, -0.25) is 9.69 Å². The van der Waals surface area contributed by atoms with Gasteiger partial charge < -0.3 is 19.6 Å². The monoisotopic (exact) mass is 394 g/mol. The molecule has 0 unspecified atom stereocenters. The standard InChI is InChI=1S/C17H21ClN4O2.CH2O2/c1-2-16-20-21-17(24-16)19-13-7-14-10-23-15(9-22(14)8-13)11-3-5-12(18)6-4-11;2-1-3/h3-6,13-15H,2,7-10H2,1H3,(H,19,21);1H,(H,2,3)/t13-,14-,15+;/m0./s1. The first-order chi connectivity index (χ1) is 13.1. The Morgan fingerprint density at radius 3 is 2.74 bits per heavy atom. The number of morpholine rings is 1. The lowest BCUT2D eigenvalue weighted by atomic mass is 10.1. The van der Waals surface area contributed by atoms with Crippen molar-refractivity contribution in [2.24, 2.45) is 0 Å². The highest BCUT2D eigenvalue weighted by Gasteiger charge is 2.38. The molecule has 27 heavy (non-hydrogen) atoms. The number of ether oxygens (including phenoxy) is 1. The van der Waals surface area contributed by atoms with E-state index in [1.165, 1.54) is 5.56 Å². The van der Waals surface area contributed by atoms with E-state index < -0.39 is 0 Å². The number of benzene rings is 1. The minimum atomic E-state index is -0.250. The van der Waals surface area contributed by atoms with Crippen LogP contribution >= 0.6 is 11.6 Å². The molecule has 8 nitrogen and oxygen atoms in total. The number of anilines is 1. The third-order valence-electron chi connectivity index (χ3n) is 4.76. The predicted octanol–water partition coefficient (Wildman–Crippen LogP) is 2.61. The maximum atomic E-state index is 8.36. The molecule has 2 fully saturated rings. The fraction of sp³-hybridized carbons (Fsp3) is 0.500. The van der Waals surface area contributed by atoms with Crippen molar-refractivity contribution >= 4 is 24.1 Å². The van der Waals surface area contributed by atoms with Crippen LogP contribution in [-0.4, -0.2) is 58.5 Å². The van der Waals surface area contributed by atoms with E-state index in [2.05, 4.69) is 20.4 Å². The summed E-state index contributed by atoms with van der Waals surface area (Å²) in [6, 6.07) is 9.20. The Kier molecular flexibility index (Phi) is 6.65. The van der Waals surface area contributed by atoms with E-state index in [9.17, 15) is 0 Å². The van der Waals surface area contributed by atoms with Gasteiger partial charge in [-0.1, -0.05) is 35.8 Å². The summed E-state index contributed by atoms with van der Waals surface area (Å²) in [6.45, 7) is 4.35. The number of carbonyl (C=O) groups is 1. The Labute approximate surface area is 162 Å². The van der Waals surface area contributed by atoms with E-state index in [-0.39, 0.29) is 12.6 Å². The highest BCUT2D eigenvalue weighted by atomic mass is 35.5. The smallest absolute Gasteiger partial charge is 0.315 e.